The van der Waals surface area contributed by atoms with E-state index in [1.807, 2.05) is 0 Å². The molecule has 0 radical (unpaired) electrons. The van der Waals surface area contributed by atoms with E-state index in [1.165, 1.54) is 20.8 Å². The van der Waals surface area contributed by atoms with Crippen molar-refractivity contribution in [1.29, 1.82) is 0 Å². The molecule has 0 aromatic carbocycles. The average Bonchev–Trinajstić information content (AvgIpc) is 3.76. The number of thioether (sulfide) groups is 1. The van der Waals surface area contributed by atoms with Crippen LogP contribution in [0.15, 0.2) is 12.7 Å². The van der Waals surface area contributed by atoms with Gasteiger partial charge in [0, 0.05) is 56.7 Å². The summed E-state index contributed by atoms with van der Waals surface area (Å²) in [6, 6.07) is 0. The number of aromatic nitrogens is 4. The highest BCUT2D eigenvalue weighted by atomic mass is 32.2. The molecule has 0 aliphatic carbocycles. The van der Waals surface area contributed by atoms with Crippen LogP contribution in [0.4, 0.5) is 5.82 Å². The molecule has 3 heterocycles. The van der Waals surface area contributed by atoms with Crippen LogP contribution in [0.3, 0.4) is 0 Å². The number of carbonyl (C=O) groups is 5. The van der Waals surface area contributed by atoms with Gasteiger partial charge < -0.3 is 84.0 Å². The number of nitrogens with one attached hydrogen (secondary N) is 2. The van der Waals surface area contributed by atoms with E-state index in [0.29, 0.717) is 12.8 Å². The fraction of sp³-hybridized carbons (Fsp3) is 0.706. The van der Waals surface area contributed by atoms with E-state index in [0.717, 1.165) is 29.0 Å². The fourth-order valence-electron chi connectivity index (χ4n) is 5.18. The molecule has 1 aliphatic rings. The Kier molecular flexibility index (Phi) is 27.6. The Morgan fingerprint density at radius 1 is 0.955 bits per heavy atom. The number of hydrogen-bond donors (Lipinski definition) is 7. The van der Waals surface area contributed by atoms with Crippen LogP contribution in [0.5, 0.6) is 0 Å². The number of aliphatic hydroxyl groups is 4. The first-order valence-electron chi connectivity index (χ1n) is 18.9. The number of fused-ring (bicyclic) bond motifs is 1. The van der Waals surface area contributed by atoms with Crippen LogP contribution in [0.2, 0.25) is 0 Å². The quantitative estimate of drug-likeness (QED) is 0.0276. The Morgan fingerprint density at radius 3 is 2.17 bits per heavy atom. The minimum absolute atomic E-state index is 0. The van der Waals surface area contributed by atoms with Crippen molar-refractivity contribution in [3.05, 3.63) is 12.7 Å². The van der Waals surface area contributed by atoms with Gasteiger partial charge in [0.25, 0.3) is 15.6 Å². The number of nitrogen functional groups attached to an aromatic ring is 1. The Balaban J connectivity index is 0.00000433. The summed E-state index contributed by atoms with van der Waals surface area (Å²) in [5, 5.41) is 42.5. The minimum atomic E-state index is -5.93. The molecule has 1 saturated heterocycles. The average molecular weight is 1030 g/mol. The molecule has 66 heavy (non-hydrogen) atoms. The highest BCUT2D eigenvalue weighted by Gasteiger charge is 2.47. The van der Waals surface area contributed by atoms with Crippen LogP contribution < -0.4 is 35.9 Å². The predicted molar refractivity (Wildman–Crippen MR) is 225 cm³/mol. The van der Waals surface area contributed by atoms with E-state index in [2.05, 4.69) is 43.5 Å². The number of imidazole rings is 1. The molecule has 2 amide bonds. The highest BCUT2D eigenvalue weighted by molar-refractivity contribution is 8.13. The molecular formula is C34H58N7O21P3S-4. The maximum absolute atomic E-state index is 12.5. The van der Waals surface area contributed by atoms with Gasteiger partial charge in [-0.05, 0) is 19.8 Å². The molecule has 7 atom stereocenters. The molecular weight excluding hydrogens is 967 g/mol. The van der Waals surface area contributed by atoms with Crippen molar-refractivity contribution in [3.8, 4) is 0 Å². The Bertz CT molecular complexity index is 2040. The number of aliphatic hydroxyl groups excluding tert-OH is 4. The van der Waals surface area contributed by atoms with Crippen LogP contribution in [-0.4, -0.2) is 138 Å². The summed E-state index contributed by atoms with van der Waals surface area (Å²) in [5.41, 5.74) is 4.01. The van der Waals surface area contributed by atoms with Gasteiger partial charge >= 0.3 is 0 Å². The maximum atomic E-state index is 12.5. The molecule has 3 rings (SSSR count). The third-order valence-corrected chi connectivity index (χ3v) is 12.3. The van der Waals surface area contributed by atoms with E-state index in [-0.39, 0.29) is 101 Å². The minimum Gasteiger partial charge on any atom is -0.790 e. The standard InChI is InChI=1S/C27H44N7O19P3S.C5H10O2.2CH4/c1-27(2,22(40)25(41)30-6-5-17(37)29-7-9-57-18(38)10-15(36)4-3-8-35)12-50-56(47,48)53-55(45,46)49-11-16-21(52-54(42,43)44)20(39)26(51-16)34-14-33-19-23(28)31-13-32-24(19)34;1-5(7)3-2-4-6;;/h13-14,16,20-22,26,35,39-40H,3-12H2,1-2H3,(H,29,37)(H,30,41)(H,45,46)(H,47,48)(H2,28,31,32)(H2,42,43,44);6H,2-4H2,1H3;2*1H4/p-4. The topological polar surface area (TPSA) is 450 Å². The second-order valence-electron chi connectivity index (χ2n) is 14.3. The Labute approximate surface area is 384 Å². The van der Waals surface area contributed by atoms with Gasteiger partial charge in [0.15, 0.2) is 22.8 Å². The van der Waals surface area contributed by atoms with Crippen LogP contribution >= 0.6 is 35.2 Å². The summed E-state index contributed by atoms with van der Waals surface area (Å²) in [5.74, 6) is -1.67. The first-order valence-corrected chi connectivity index (χ1v) is 24.3. The van der Waals surface area contributed by atoms with Crippen molar-refractivity contribution < 1.29 is 100 Å². The molecule has 2 aromatic rings. The SMILES string of the molecule is C.C.CC(=O)CCCO.CC(C)(COP(=O)([O-])OP(=O)([O-])OCC1OC(n2cnc3c(N)ncnc32)C(O)C1OP(=O)([O-])[O-])C(O)C(=O)NCCC(=O)NCCSC(=O)CC(=O)CCCO. The summed E-state index contributed by atoms with van der Waals surface area (Å²) in [7, 11) is -17.6. The van der Waals surface area contributed by atoms with Crippen molar-refractivity contribution in [2.24, 2.45) is 5.41 Å². The first kappa shape index (κ1) is 62.8. The molecule has 2 aromatic heterocycles. The van der Waals surface area contributed by atoms with Crippen molar-refractivity contribution in [2.45, 2.75) is 105 Å². The predicted octanol–water partition coefficient (Wildman–Crippen LogP) is -2.51. The lowest BCUT2D eigenvalue weighted by Crippen LogP contribution is -2.46. The Morgan fingerprint density at radius 2 is 1.58 bits per heavy atom. The van der Waals surface area contributed by atoms with E-state index in [9.17, 15) is 67.5 Å². The molecule has 0 saturated carbocycles. The largest absolute Gasteiger partial charge is 0.790 e. The number of nitrogens with two attached hydrogens (primary N) is 1. The number of hydrogen-bond acceptors (Lipinski definition) is 26. The fourth-order valence-corrected chi connectivity index (χ4v) is 8.61. The maximum Gasteiger partial charge on any atom is 0.274 e. The zero-order valence-electron chi connectivity index (χ0n) is 34.6. The lowest BCUT2D eigenvalue weighted by atomic mass is 9.87. The van der Waals surface area contributed by atoms with Gasteiger partial charge in [-0.2, -0.15) is 0 Å². The van der Waals surface area contributed by atoms with Crippen molar-refractivity contribution in [2.75, 3.05) is 51.0 Å². The number of ether oxygens (including phenoxy) is 1. The van der Waals surface area contributed by atoms with Crippen molar-refractivity contribution in [1.82, 2.24) is 30.2 Å². The zero-order chi connectivity index (χ0) is 48.5. The summed E-state index contributed by atoms with van der Waals surface area (Å²) >= 11 is 0.837. The monoisotopic (exact) mass is 1030 g/mol. The number of carbonyl (C=O) groups excluding carboxylic acids is 5. The lowest BCUT2D eigenvalue weighted by Gasteiger charge is -2.36. The van der Waals surface area contributed by atoms with Gasteiger partial charge in [-0.3, -0.25) is 32.9 Å². The van der Waals surface area contributed by atoms with Crippen molar-refractivity contribution >= 4 is 80.7 Å². The number of ketones is 2. The second-order valence-corrected chi connectivity index (χ2v) is 19.5. The van der Waals surface area contributed by atoms with Gasteiger partial charge in [0.05, 0.1) is 33.8 Å². The zero-order valence-corrected chi connectivity index (χ0v) is 38.1. The summed E-state index contributed by atoms with van der Waals surface area (Å²) in [4.78, 5) is 117. The van der Waals surface area contributed by atoms with Crippen LogP contribution in [0, 0.1) is 5.41 Å². The molecule has 1 fully saturated rings. The summed E-state index contributed by atoms with van der Waals surface area (Å²) in [6.45, 7) is 1.30. The molecule has 1 aliphatic heterocycles. The third-order valence-electron chi connectivity index (χ3n) is 8.38. The molecule has 32 heteroatoms. The molecule has 7 unspecified atom stereocenters. The smallest absolute Gasteiger partial charge is 0.274 e. The van der Waals surface area contributed by atoms with E-state index >= 15 is 0 Å². The van der Waals surface area contributed by atoms with E-state index in [1.54, 1.807) is 0 Å². The van der Waals surface area contributed by atoms with Crippen LogP contribution in [-0.2, 0) is 60.3 Å². The molecule has 28 nitrogen and oxygen atoms in total. The van der Waals surface area contributed by atoms with E-state index < -0.39 is 89.7 Å². The van der Waals surface area contributed by atoms with Gasteiger partial charge in [-0.15, -0.1) is 0 Å². The second kappa shape index (κ2) is 29.0. The van der Waals surface area contributed by atoms with Crippen LogP contribution in [0.25, 0.3) is 11.2 Å². The van der Waals surface area contributed by atoms with E-state index in [4.69, 9.17) is 20.7 Å². The first-order chi connectivity index (χ1) is 29.7. The molecule has 0 bridgehead atoms. The summed E-state index contributed by atoms with van der Waals surface area (Å²) in [6.07, 6.45) is -6.61. The number of nitrogens with zero attached hydrogens (tertiary/aromatic N) is 4. The highest BCUT2D eigenvalue weighted by Crippen LogP contribution is 2.56. The van der Waals surface area contributed by atoms with Gasteiger partial charge in [0.2, 0.25) is 11.8 Å². The summed E-state index contributed by atoms with van der Waals surface area (Å²) < 4.78 is 60.4. The molecule has 8 N–H and O–H groups in total. The van der Waals surface area contributed by atoms with Gasteiger partial charge in [0.1, 0.15) is 47.8 Å². The number of rotatable bonds is 27. The lowest BCUT2D eigenvalue weighted by molar-refractivity contribution is -0.347. The van der Waals surface area contributed by atoms with Gasteiger partial charge in [-0.1, -0.05) is 40.5 Å². The van der Waals surface area contributed by atoms with Crippen molar-refractivity contribution in [3.63, 3.8) is 0 Å². The van der Waals surface area contributed by atoms with Crippen LogP contribution in [0.1, 0.15) is 80.4 Å². The van der Waals surface area contributed by atoms with Gasteiger partial charge in [-0.25, -0.2) is 19.3 Å². The number of phosphoric acid groups is 3. The normalized spacial score (nSPS) is 19.4. The third kappa shape index (κ3) is 22.3. The molecule has 0 spiro atoms. The number of amides is 2. The molecule has 380 valence electrons. The number of Topliss-reactive ketones (excluding diaryl/α,β-unsaturated/α-hetero) is 2. The number of anilines is 1. The number of phosphoric ester groups is 3. The Hall–Kier alpha value is -3.18.